The molecule has 134 valence electrons. The SMILES string of the molecule is O=C1c2ccccc2C(=O)N1c1cccc(OCCOc2ccccc2)c1. The molecular formula is C22H17NO4. The summed E-state index contributed by atoms with van der Waals surface area (Å²) in [7, 11) is 0. The minimum atomic E-state index is -0.319. The number of imide groups is 1. The Morgan fingerprint density at radius 2 is 1.19 bits per heavy atom. The number of nitrogens with zero attached hydrogens (tertiary/aromatic N) is 1. The van der Waals surface area contributed by atoms with Gasteiger partial charge < -0.3 is 9.47 Å². The van der Waals surface area contributed by atoms with Gasteiger partial charge in [-0.05, 0) is 36.4 Å². The Kier molecular flexibility index (Phi) is 4.58. The second kappa shape index (κ2) is 7.33. The van der Waals surface area contributed by atoms with Crippen LogP contribution in [0.4, 0.5) is 5.69 Å². The van der Waals surface area contributed by atoms with Crippen molar-refractivity contribution in [3.05, 3.63) is 90.0 Å². The third kappa shape index (κ3) is 3.40. The zero-order valence-corrected chi connectivity index (χ0v) is 14.5. The quantitative estimate of drug-likeness (QED) is 0.494. The fourth-order valence-electron chi connectivity index (χ4n) is 2.97. The summed E-state index contributed by atoms with van der Waals surface area (Å²) in [6, 6.07) is 23.3. The minimum absolute atomic E-state index is 0.319. The van der Waals surface area contributed by atoms with Crippen LogP contribution in [-0.2, 0) is 0 Å². The molecule has 5 heteroatoms. The Balaban J connectivity index is 1.42. The van der Waals surface area contributed by atoms with Gasteiger partial charge in [0.1, 0.15) is 24.7 Å². The van der Waals surface area contributed by atoms with Crippen molar-refractivity contribution in [2.75, 3.05) is 18.1 Å². The number of carbonyl (C=O) groups is 2. The predicted octanol–water partition coefficient (Wildman–Crippen LogP) is 3.95. The van der Waals surface area contributed by atoms with Gasteiger partial charge in [-0.2, -0.15) is 0 Å². The maximum absolute atomic E-state index is 12.6. The third-order valence-corrected chi connectivity index (χ3v) is 4.23. The molecule has 27 heavy (non-hydrogen) atoms. The average Bonchev–Trinajstić information content (AvgIpc) is 2.97. The highest BCUT2D eigenvalue weighted by atomic mass is 16.5. The summed E-state index contributed by atoms with van der Waals surface area (Å²) in [4.78, 5) is 26.3. The first-order chi connectivity index (χ1) is 13.2. The van der Waals surface area contributed by atoms with Gasteiger partial charge in [-0.15, -0.1) is 0 Å². The number of rotatable bonds is 6. The fraction of sp³-hybridized carbons (Fsp3) is 0.0909. The Morgan fingerprint density at radius 3 is 1.85 bits per heavy atom. The van der Waals surface area contributed by atoms with E-state index < -0.39 is 0 Å². The van der Waals surface area contributed by atoms with Gasteiger partial charge in [-0.1, -0.05) is 36.4 Å². The summed E-state index contributed by atoms with van der Waals surface area (Å²) in [6.07, 6.45) is 0. The first-order valence-electron chi connectivity index (χ1n) is 8.62. The van der Waals surface area contributed by atoms with E-state index in [1.165, 1.54) is 4.90 Å². The van der Waals surface area contributed by atoms with Crippen molar-refractivity contribution in [1.29, 1.82) is 0 Å². The van der Waals surface area contributed by atoms with Gasteiger partial charge in [-0.25, -0.2) is 4.90 Å². The summed E-state index contributed by atoms with van der Waals surface area (Å²) in [5, 5.41) is 0. The molecule has 5 nitrogen and oxygen atoms in total. The van der Waals surface area contributed by atoms with Gasteiger partial charge in [0.2, 0.25) is 0 Å². The van der Waals surface area contributed by atoms with E-state index in [1.807, 2.05) is 30.3 Å². The average molecular weight is 359 g/mol. The molecule has 1 aliphatic heterocycles. The molecule has 0 bridgehead atoms. The van der Waals surface area contributed by atoms with Crippen LogP contribution in [0.3, 0.4) is 0 Å². The van der Waals surface area contributed by atoms with Crippen LogP contribution in [0.5, 0.6) is 11.5 Å². The lowest BCUT2D eigenvalue weighted by atomic mass is 10.1. The van der Waals surface area contributed by atoms with Crippen LogP contribution >= 0.6 is 0 Å². The monoisotopic (exact) mass is 359 g/mol. The molecule has 0 saturated carbocycles. The first kappa shape index (κ1) is 16.8. The number of benzene rings is 3. The van der Waals surface area contributed by atoms with Crippen LogP contribution in [0.1, 0.15) is 20.7 Å². The number of hydrogen-bond acceptors (Lipinski definition) is 4. The summed E-state index contributed by atoms with van der Waals surface area (Å²) >= 11 is 0. The molecule has 0 unspecified atom stereocenters. The van der Waals surface area contributed by atoms with Gasteiger partial charge in [0, 0.05) is 6.07 Å². The van der Waals surface area contributed by atoms with Gasteiger partial charge in [0.15, 0.2) is 0 Å². The number of carbonyl (C=O) groups excluding carboxylic acids is 2. The number of amides is 2. The van der Waals surface area contributed by atoms with Gasteiger partial charge in [0.25, 0.3) is 11.8 Å². The van der Waals surface area contributed by atoms with E-state index in [4.69, 9.17) is 9.47 Å². The second-order valence-electron chi connectivity index (χ2n) is 6.00. The molecule has 0 fully saturated rings. The van der Waals surface area contributed by atoms with E-state index in [9.17, 15) is 9.59 Å². The van der Waals surface area contributed by atoms with E-state index in [0.29, 0.717) is 35.8 Å². The van der Waals surface area contributed by atoms with Gasteiger partial charge in [-0.3, -0.25) is 9.59 Å². The number of para-hydroxylation sites is 1. The molecule has 2 amide bonds. The Labute approximate surface area is 156 Å². The molecule has 1 aliphatic rings. The van der Waals surface area contributed by atoms with Crippen molar-refractivity contribution < 1.29 is 19.1 Å². The predicted molar refractivity (Wildman–Crippen MR) is 101 cm³/mol. The lowest BCUT2D eigenvalue weighted by Crippen LogP contribution is -2.29. The molecule has 1 heterocycles. The Hall–Kier alpha value is -3.60. The lowest BCUT2D eigenvalue weighted by molar-refractivity contribution is 0.0926. The van der Waals surface area contributed by atoms with Crippen molar-refractivity contribution in [3.63, 3.8) is 0 Å². The number of ether oxygens (including phenoxy) is 2. The van der Waals surface area contributed by atoms with E-state index in [0.717, 1.165) is 5.75 Å². The van der Waals surface area contributed by atoms with Gasteiger partial charge >= 0.3 is 0 Å². The van der Waals surface area contributed by atoms with E-state index >= 15 is 0 Å². The van der Waals surface area contributed by atoms with Crippen molar-refractivity contribution in [2.24, 2.45) is 0 Å². The highest BCUT2D eigenvalue weighted by Crippen LogP contribution is 2.30. The lowest BCUT2D eigenvalue weighted by Gasteiger charge is -2.15. The van der Waals surface area contributed by atoms with E-state index in [2.05, 4.69) is 0 Å². The maximum Gasteiger partial charge on any atom is 0.266 e. The fourth-order valence-corrected chi connectivity index (χ4v) is 2.97. The molecule has 0 radical (unpaired) electrons. The maximum atomic E-state index is 12.6. The molecule has 0 N–H and O–H groups in total. The van der Waals surface area contributed by atoms with Crippen LogP contribution in [0, 0.1) is 0 Å². The first-order valence-corrected chi connectivity index (χ1v) is 8.62. The van der Waals surface area contributed by atoms with Crippen LogP contribution in [0.25, 0.3) is 0 Å². The van der Waals surface area contributed by atoms with Crippen molar-refractivity contribution in [1.82, 2.24) is 0 Å². The van der Waals surface area contributed by atoms with E-state index in [-0.39, 0.29) is 11.8 Å². The Bertz CT molecular complexity index is 949. The highest BCUT2D eigenvalue weighted by Gasteiger charge is 2.36. The summed E-state index contributed by atoms with van der Waals surface area (Å²) in [5.74, 6) is 0.710. The zero-order chi connectivity index (χ0) is 18.6. The molecule has 0 atom stereocenters. The molecule has 3 aromatic rings. The molecule has 0 saturated heterocycles. The normalized spacial score (nSPS) is 12.8. The molecule has 4 rings (SSSR count). The number of fused-ring (bicyclic) bond motifs is 1. The van der Waals surface area contributed by atoms with E-state index in [1.54, 1.807) is 48.5 Å². The van der Waals surface area contributed by atoms with Crippen LogP contribution in [0.15, 0.2) is 78.9 Å². The van der Waals surface area contributed by atoms with Crippen molar-refractivity contribution in [2.45, 2.75) is 0 Å². The van der Waals surface area contributed by atoms with Gasteiger partial charge in [0.05, 0.1) is 16.8 Å². The van der Waals surface area contributed by atoms with Crippen molar-refractivity contribution >= 4 is 17.5 Å². The minimum Gasteiger partial charge on any atom is -0.490 e. The third-order valence-electron chi connectivity index (χ3n) is 4.23. The second-order valence-corrected chi connectivity index (χ2v) is 6.00. The smallest absolute Gasteiger partial charge is 0.266 e. The standard InChI is InChI=1S/C22H17NO4/c24-21-19-11-4-5-12-20(19)22(25)23(21)16-7-6-10-18(15-16)27-14-13-26-17-8-2-1-3-9-17/h1-12,15H,13-14H2. The van der Waals surface area contributed by atoms with Crippen LogP contribution < -0.4 is 14.4 Å². The van der Waals surface area contributed by atoms with Crippen LogP contribution in [-0.4, -0.2) is 25.0 Å². The number of anilines is 1. The van der Waals surface area contributed by atoms with Crippen molar-refractivity contribution in [3.8, 4) is 11.5 Å². The molecule has 0 aromatic heterocycles. The number of hydrogen-bond donors (Lipinski definition) is 0. The molecule has 3 aromatic carbocycles. The largest absolute Gasteiger partial charge is 0.490 e. The molecule has 0 spiro atoms. The Morgan fingerprint density at radius 1 is 0.630 bits per heavy atom. The summed E-state index contributed by atoms with van der Waals surface area (Å²) in [5.41, 5.74) is 1.33. The summed E-state index contributed by atoms with van der Waals surface area (Å²) < 4.78 is 11.3. The van der Waals surface area contributed by atoms with Crippen LogP contribution in [0.2, 0.25) is 0 Å². The molecular weight excluding hydrogens is 342 g/mol. The topological polar surface area (TPSA) is 55.8 Å². The highest BCUT2D eigenvalue weighted by molar-refractivity contribution is 6.34. The molecule has 0 aliphatic carbocycles. The zero-order valence-electron chi connectivity index (χ0n) is 14.5. The summed E-state index contributed by atoms with van der Waals surface area (Å²) in [6.45, 7) is 0.738.